The maximum atomic E-state index is 12.0. The third-order valence-corrected chi connectivity index (χ3v) is 3.21. The molecule has 0 aliphatic carbocycles. The highest BCUT2D eigenvalue weighted by Crippen LogP contribution is 2.35. The summed E-state index contributed by atoms with van der Waals surface area (Å²) in [7, 11) is 0. The van der Waals surface area contributed by atoms with Crippen molar-refractivity contribution in [1.82, 2.24) is 10.2 Å². The molecule has 19 heavy (non-hydrogen) atoms. The van der Waals surface area contributed by atoms with Gasteiger partial charge in [-0.05, 0) is 18.3 Å². The lowest BCUT2D eigenvalue weighted by molar-refractivity contribution is -0.148. The van der Waals surface area contributed by atoms with Crippen LogP contribution in [-0.4, -0.2) is 47.3 Å². The first kappa shape index (κ1) is 15.6. The van der Waals surface area contributed by atoms with E-state index in [-0.39, 0.29) is 6.54 Å². The zero-order chi connectivity index (χ0) is 14.8. The minimum atomic E-state index is -4.51. The highest BCUT2D eigenvalue weighted by atomic mass is 19.4. The van der Waals surface area contributed by atoms with Gasteiger partial charge in [-0.1, -0.05) is 13.8 Å². The third-order valence-electron chi connectivity index (χ3n) is 3.21. The number of carboxylic acids is 1. The summed E-state index contributed by atoms with van der Waals surface area (Å²) in [6.07, 6.45) is -3.34. The van der Waals surface area contributed by atoms with Gasteiger partial charge in [-0.3, -0.25) is 0 Å². The number of nitrogens with zero attached hydrogens (tertiary/aromatic N) is 1. The first-order valence-corrected chi connectivity index (χ1v) is 5.88. The number of hydrogen-bond donors (Lipinski definition) is 2. The van der Waals surface area contributed by atoms with Gasteiger partial charge >= 0.3 is 18.2 Å². The Bertz CT molecular complexity index is 369. The van der Waals surface area contributed by atoms with Gasteiger partial charge < -0.3 is 15.3 Å². The van der Waals surface area contributed by atoms with E-state index in [1.54, 1.807) is 19.2 Å². The Morgan fingerprint density at radius 3 is 2.47 bits per heavy atom. The first-order chi connectivity index (χ1) is 8.54. The molecule has 0 spiro atoms. The number of amides is 2. The number of rotatable bonds is 2. The second-order valence-electron chi connectivity index (χ2n) is 5.30. The largest absolute Gasteiger partial charge is 0.480 e. The minimum absolute atomic E-state index is 0.143. The number of likely N-dealkylation sites (tertiary alicyclic amines) is 1. The molecule has 1 atom stereocenters. The molecule has 1 heterocycles. The van der Waals surface area contributed by atoms with E-state index in [0.717, 1.165) is 4.90 Å². The summed E-state index contributed by atoms with van der Waals surface area (Å²) in [6.45, 7) is 2.06. The summed E-state index contributed by atoms with van der Waals surface area (Å²) in [5, 5.41) is 10.9. The molecule has 1 aliphatic heterocycles. The second-order valence-corrected chi connectivity index (χ2v) is 5.30. The Labute approximate surface area is 108 Å². The van der Waals surface area contributed by atoms with Crippen molar-refractivity contribution in [2.45, 2.75) is 38.9 Å². The van der Waals surface area contributed by atoms with Crippen LogP contribution in [0.3, 0.4) is 0 Å². The smallest absolute Gasteiger partial charge is 0.405 e. The fourth-order valence-corrected chi connectivity index (χ4v) is 2.36. The molecule has 1 saturated heterocycles. The van der Waals surface area contributed by atoms with Crippen LogP contribution in [0.25, 0.3) is 0 Å². The molecule has 0 aromatic heterocycles. The Hall–Kier alpha value is -1.47. The summed E-state index contributed by atoms with van der Waals surface area (Å²) in [4.78, 5) is 23.9. The molecule has 2 N–H and O–H groups in total. The van der Waals surface area contributed by atoms with Crippen LogP contribution in [0.4, 0.5) is 18.0 Å². The molecule has 0 saturated carbocycles. The van der Waals surface area contributed by atoms with Crippen LogP contribution in [0, 0.1) is 5.41 Å². The fraction of sp³-hybridized carbons (Fsp3) is 0.818. The van der Waals surface area contributed by atoms with E-state index >= 15 is 0 Å². The van der Waals surface area contributed by atoms with Crippen molar-refractivity contribution in [3.63, 3.8) is 0 Å². The van der Waals surface area contributed by atoms with Crippen LogP contribution in [0.2, 0.25) is 0 Å². The van der Waals surface area contributed by atoms with Gasteiger partial charge in [0.2, 0.25) is 0 Å². The highest BCUT2D eigenvalue weighted by molar-refractivity contribution is 5.83. The quantitative estimate of drug-likeness (QED) is 0.812. The number of hydrogen-bond acceptors (Lipinski definition) is 2. The molecule has 1 rings (SSSR count). The van der Waals surface area contributed by atoms with Crippen molar-refractivity contribution in [2.75, 3.05) is 13.1 Å². The van der Waals surface area contributed by atoms with E-state index in [0.29, 0.717) is 12.8 Å². The lowest BCUT2D eigenvalue weighted by Crippen LogP contribution is -2.59. The highest BCUT2D eigenvalue weighted by Gasteiger charge is 2.45. The van der Waals surface area contributed by atoms with Crippen LogP contribution in [0.15, 0.2) is 0 Å². The topological polar surface area (TPSA) is 69.6 Å². The standard InChI is InChI=1S/C11H17F3N2O3/c1-10(2)4-3-5-16(7(10)8(17)18)9(19)15-6-11(12,13)14/h7H,3-6H2,1-2H3,(H,15,19)(H,17,18). The molecule has 1 unspecified atom stereocenters. The molecule has 8 heteroatoms. The lowest BCUT2D eigenvalue weighted by Gasteiger charge is -2.43. The number of piperidine rings is 1. The van der Waals surface area contributed by atoms with Gasteiger partial charge in [0.05, 0.1) is 0 Å². The Morgan fingerprint density at radius 1 is 1.42 bits per heavy atom. The average Bonchev–Trinajstić information content (AvgIpc) is 2.22. The zero-order valence-electron chi connectivity index (χ0n) is 10.8. The number of halogens is 3. The average molecular weight is 282 g/mol. The van der Waals surface area contributed by atoms with Crippen molar-refractivity contribution in [1.29, 1.82) is 0 Å². The molecule has 0 bridgehead atoms. The number of carboxylic acid groups (broad SMARTS) is 1. The van der Waals surface area contributed by atoms with Crippen molar-refractivity contribution in [3.05, 3.63) is 0 Å². The van der Waals surface area contributed by atoms with Crippen molar-refractivity contribution in [2.24, 2.45) is 5.41 Å². The molecule has 110 valence electrons. The van der Waals surface area contributed by atoms with E-state index in [4.69, 9.17) is 0 Å². The number of nitrogens with one attached hydrogen (secondary N) is 1. The summed E-state index contributed by atoms with van der Waals surface area (Å²) >= 11 is 0. The molecule has 0 radical (unpaired) electrons. The normalized spacial score (nSPS) is 23.0. The molecule has 1 fully saturated rings. The predicted molar refractivity (Wildman–Crippen MR) is 60.6 cm³/mol. The van der Waals surface area contributed by atoms with E-state index in [2.05, 4.69) is 0 Å². The van der Waals surface area contributed by atoms with Crippen LogP contribution < -0.4 is 5.32 Å². The fourth-order valence-electron chi connectivity index (χ4n) is 2.36. The number of aliphatic carboxylic acids is 1. The van der Waals surface area contributed by atoms with Crippen LogP contribution in [-0.2, 0) is 4.79 Å². The van der Waals surface area contributed by atoms with Crippen molar-refractivity contribution in [3.8, 4) is 0 Å². The summed E-state index contributed by atoms with van der Waals surface area (Å²) in [6, 6.07) is -2.10. The predicted octanol–water partition coefficient (Wildman–Crippen LogP) is 1.83. The Kier molecular flexibility index (Phi) is 4.32. The van der Waals surface area contributed by atoms with Crippen LogP contribution in [0.5, 0.6) is 0 Å². The number of carbonyl (C=O) groups is 2. The van der Waals surface area contributed by atoms with E-state index in [1.165, 1.54) is 0 Å². The summed E-state index contributed by atoms with van der Waals surface area (Å²) in [5.74, 6) is -1.20. The Balaban J connectivity index is 2.79. The summed E-state index contributed by atoms with van der Waals surface area (Å²) < 4.78 is 36.1. The van der Waals surface area contributed by atoms with Gasteiger partial charge in [0, 0.05) is 6.54 Å². The number of alkyl halides is 3. The first-order valence-electron chi connectivity index (χ1n) is 5.88. The monoisotopic (exact) mass is 282 g/mol. The zero-order valence-corrected chi connectivity index (χ0v) is 10.8. The van der Waals surface area contributed by atoms with Gasteiger partial charge in [0.15, 0.2) is 0 Å². The molecule has 5 nitrogen and oxygen atoms in total. The molecular weight excluding hydrogens is 265 g/mol. The summed E-state index contributed by atoms with van der Waals surface area (Å²) in [5.41, 5.74) is -0.667. The molecule has 0 aromatic carbocycles. The third kappa shape index (κ3) is 4.00. The number of carbonyl (C=O) groups excluding carboxylic acids is 1. The van der Waals surface area contributed by atoms with Gasteiger partial charge in [-0.15, -0.1) is 0 Å². The second kappa shape index (κ2) is 5.26. The molecular formula is C11H17F3N2O3. The van der Waals surface area contributed by atoms with Gasteiger partial charge in [0.1, 0.15) is 12.6 Å². The maximum absolute atomic E-state index is 12.0. The van der Waals surface area contributed by atoms with E-state index in [1.807, 2.05) is 0 Å². The molecule has 1 aliphatic rings. The van der Waals surface area contributed by atoms with E-state index in [9.17, 15) is 27.9 Å². The lowest BCUT2D eigenvalue weighted by atomic mass is 9.76. The van der Waals surface area contributed by atoms with Gasteiger partial charge in [0.25, 0.3) is 0 Å². The maximum Gasteiger partial charge on any atom is 0.405 e. The van der Waals surface area contributed by atoms with Gasteiger partial charge in [-0.25, -0.2) is 9.59 Å². The van der Waals surface area contributed by atoms with Gasteiger partial charge in [-0.2, -0.15) is 13.2 Å². The number of urea groups is 1. The minimum Gasteiger partial charge on any atom is -0.480 e. The van der Waals surface area contributed by atoms with Crippen LogP contribution in [0.1, 0.15) is 26.7 Å². The van der Waals surface area contributed by atoms with Crippen molar-refractivity contribution >= 4 is 12.0 Å². The van der Waals surface area contributed by atoms with E-state index < -0.39 is 36.2 Å². The molecule has 2 amide bonds. The SMILES string of the molecule is CC1(C)CCCN(C(=O)NCC(F)(F)F)C1C(=O)O. The van der Waals surface area contributed by atoms with Crippen LogP contribution >= 0.6 is 0 Å². The Morgan fingerprint density at radius 2 is 2.00 bits per heavy atom. The van der Waals surface area contributed by atoms with Crippen molar-refractivity contribution < 1.29 is 27.9 Å². The molecule has 0 aromatic rings.